The largest absolute Gasteiger partial charge is 0.479 e. The first-order chi connectivity index (χ1) is 8.56. The van der Waals surface area contributed by atoms with Crippen LogP contribution in [0.5, 0.6) is 0 Å². The summed E-state index contributed by atoms with van der Waals surface area (Å²) in [6.45, 7) is 0. The molecule has 2 unspecified atom stereocenters. The van der Waals surface area contributed by atoms with E-state index in [4.69, 9.17) is 9.84 Å². The van der Waals surface area contributed by atoms with Crippen molar-refractivity contribution in [3.05, 3.63) is 29.8 Å². The molecular weight excluding hydrogens is 262 g/mol. The standard InChI is InChI=1S/C12H12F2O3S/c13-7-1-3-9(14)11(5-7)18-6-8-2-4-10(17-8)12(15)16/h1,3,5,8,10H,2,4,6H2,(H,15,16). The highest BCUT2D eigenvalue weighted by Crippen LogP contribution is 2.28. The maximum Gasteiger partial charge on any atom is 0.332 e. The molecule has 0 radical (unpaired) electrons. The van der Waals surface area contributed by atoms with Gasteiger partial charge < -0.3 is 9.84 Å². The highest BCUT2D eigenvalue weighted by atomic mass is 32.2. The van der Waals surface area contributed by atoms with Crippen LogP contribution in [0.25, 0.3) is 0 Å². The molecule has 0 aromatic heterocycles. The number of ether oxygens (including phenoxy) is 1. The van der Waals surface area contributed by atoms with Crippen LogP contribution >= 0.6 is 11.8 Å². The third kappa shape index (κ3) is 3.20. The number of thioether (sulfide) groups is 1. The molecule has 1 aromatic carbocycles. The number of carboxylic acid groups (broad SMARTS) is 1. The zero-order chi connectivity index (χ0) is 13.1. The van der Waals surface area contributed by atoms with Crippen LogP contribution in [0, 0.1) is 11.6 Å². The summed E-state index contributed by atoms with van der Waals surface area (Å²) in [4.78, 5) is 10.9. The Morgan fingerprint density at radius 3 is 2.89 bits per heavy atom. The lowest BCUT2D eigenvalue weighted by Crippen LogP contribution is -2.21. The highest BCUT2D eigenvalue weighted by Gasteiger charge is 2.30. The van der Waals surface area contributed by atoms with E-state index in [0.29, 0.717) is 18.6 Å². The normalized spacial score (nSPS) is 23.2. The van der Waals surface area contributed by atoms with Gasteiger partial charge in [0.1, 0.15) is 11.6 Å². The van der Waals surface area contributed by atoms with Crippen molar-refractivity contribution in [1.29, 1.82) is 0 Å². The molecule has 1 aromatic rings. The fourth-order valence-electron chi connectivity index (χ4n) is 1.78. The van der Waals surface area contributed by atoms with Crippen LogP contribution in [0.3, 0.4) is 0 Å². The van der Waals surface area contributed by atoms with Crippen molar-refractivity contribution in [3.63, 3.8) is 0 Å². The number of carbonyl (C=O) groups is 1. The van der Waals surface area contributed by atoms with Crippen LogP contribution in [0.1, 0.15) is 12.8 Å². The summed E-state index contributed by atoms with van der Waals surface area (Å²) in [5.41, 5.74) is 0. The average Bonchev–Trinajstić information content (AvgIpc) is 2.79. The number of halogens is 2. The molecule has 1 N–H and O–H groups in total. The van der Waals surface area contributed by atoms with E-state index in [1.165, 1.54) is 0 Å². The molecule has 0 bridgehead atoms. The maximum atomic E-state index is 13.3. The Kier molecular flexibility index (Phi) is 4.19. The van der Waals surface area contributed by atoms with E-state index in [1.54, 1.807) is 0 Å². The van der Waals surface area contributed by atoms with Gasteiger partial charge in [0.2, 0.25) is 0 Å². The Morgan fingerprint density at radius 2 is 2.22 bits per heavy atom. The monoisotopic (exact) mass is 274 g/mol. The van der Waals surface area contributed by atoms with Gasteiger partial charge in [0.05, 0.1) is 6.10 Å². The lowest BCUT2D eigenvalue weighted by atomic mass is 10.2. The van der Waals surface area contributed by atoms with Gasteiger partial charge in [0.15, 0.2) is 6.10 Å². The average molecular weight is 274 g/mol. The van der Waals surface area contributed by atoms with E-state index < -0.39 is 23.7 Å². The molecule has 18 heavy (non-hydrogen) atoms. The van der Waals surface area contributed by atoms with Crippen LogP contribution in [0.4, 0.5) is 8.78 Å². The van der Waals surface area contributed by atoms with Gasteiger partial charge in [-0.05, 0) is 31.0 Å². The summed E-state index contributed by atoms with van der Waals surface area (Å²) >= 11 is 1.14. The van der Waals surface area contributed by atoms with Crippen molar-refractivity contribution in [3.8, 4) is 0 Å². The van der Waals surface area contributed by atoms with Crippen molar-refractivity contribution >= 4 is 17.7 Å². The summed E-state index contributed by atoms with van der Waals surface area (Å²) in [5.74, 6) is -1.52. The third-order valence-electron chi connectivity index (χ3n) is 2.70. The van der Waals surface area contributed by atoms with E-state index in [2.05, 4.69) is 0 Å². The van der Waals surface area contributed by atoms with Crippen molar-refractivity contribution in [2.24, 2.45) is 0 Å². The van der Waals surface area contributed by atoms with Crippen LogP contribution in [0.15, 0.2) is 23.1 Å². The molecule has 1 aliphatic heterocycles. The van der Waals surface area contributed by atoms with Gasteiger partial charge in [-0.25, -0.2) is 13.6 Å². The van der Waals surface area contributed by atoms with Crippen molar-refractivity contribution < 1.29 is 23.4 Å². The van der Waals surface area contributed by atoms with Crippen LogP contribution in [-0.2, 0) is 9.53 Å². The van der Waals surface area contributed by atoms with Gasteiger partial charge >= 0.3 is 5.97 Å². The van der Waals surface area contributed by atoms with E-state index in [9.17, 15) is 13.6 Å². The summed E-state index contributed by atoms with van der Waals surface area (Å²) in [6.07, 6.45) is 0.0966. The fourth-order valence-corrected chi connectivity index (χ4v) is 2.79. The van der Waals surface area contributed by atoms with Gasteiger partial charge in [0.25, 0.3) is 0 Å². The minimum atomic E-state index is -0.973. The Hall–Kier alpha value is -1.14. The number of carboxylic acids is 1. The lowest BCUT2D eigenvalue weighted by Gasteiger charge is -2.11. The van der Waals surface area contributed by atoms with Crippen molar-refractivity contribution in [2.45, 2.75) is 29.9 Å². The van der Waals surface area contributed by atoms with Gasteiger partial charge in [0, 0.05) is 10.6 Å². The van der Waals surface area contributed by atoms with Crippen LogP contribution in [-0.4, -0.2) is 29.0 Å². The molecule has 6 heteroatoms. The summed E-state index contributed by atoms with van der Waals surface area (Å²) < 4.78 is 31.5. The smallest absolute Gasteiger partial charge is 0.332 e. The third-order valence-corrected chi connectivity index (χ3v) is 3.86. The van der Waals surface area contributed by atoms with Crippen molar-refractivity contribution in [2.75, 3.05) is 5.75 Å². The van der Waals surface area contributed by atoms with E-state index >= 15 is 0 Å². The number of rotatable bonds is 4. The first kappa shape index (κ1) is 13.3. The van der Waals surface area contributed by atoms with Gasteiger partial charge in [-0.3, -0.25) is 0 Å². The minimum absolute atomic E-state index is 0.220. The first-order valence-electron chi connectivity index (χ1n) is 5.52. The molecule has 0 spiro atoms. The fraction of sp³-hybridized carbons (Fsp3) is 0.417. The highest BCUT2D eigenvalue weighted by molar-refractivity contribution is 7.99. The number of hydrogen-bond donors (Lipinski definition) is 1. The Bertz CT molecular complexity index is 453. The van der Waals surface area contributed by atoms with Crippen LogP contribution in [0.2, 0.25) is 0 Å². The second-order valence-electron chi connectivity index (χ2n) is 4.05. The molecule has 3 nitrogen and oxygen atoms in total. The van der Waals surface area contributed by atoms with Gasteiger partial charge in [-0.1, -0.05) is 0 Å². The molecule has 0 amide bonds. The second kappa shape index (κ2) is 5.67. The Balaban J connectivity index is 1.89. The van der Waals surface area contributed by atoms with E-state index in [1.807, 2.05) is 0 Å². The zero-order valence-corrected chi connectivity index (χ0v) is 10.3. The zero-order valence-electron chi connectivity index (χ0n) is 9.44. The van der Waals surface area contributed by atoms with E-state index in [-0.39, 0.29) is 11.0 Å². The minimum Gasteiger partial charge on any atom is -0.479 e. The predicted octanol–water partition coefficient (Wildman–Crippen LogP) is 2.69. The number of benzene rings is 1. The van der Waals surface area contributed by atoms with E-state index in [0.717, 1.165) is 30.0 Å². The predicted molar refractivity (Wildman–Crippen MR) is 62.6 cm³/mol. The lowest BCUT2D eigenvalue weighted by molar-refractivity contribution is -0.148. The molecule has 98 valence electrons. The van der Waals surface area contributed by atoms with Crippen molar-refractivity contribution in [1.82, 2.24) is 0 Å². The molecular formula is C12H12F2O3S. The van der Waals surface area contributed by atoms with Crippen LogP contribution < -0.4 is 0 Å². The summed E-state index contributed by atoms with van der Waals surface area (Å²) in [7, 11) is 0. The molecule has 1 saturated heterocycles. The molecule has 0 saturated carbocycles. The van der Waals surface area contributed by atoms with Gasteiger partial charge in [-0.15, -0.1) is 11.8 Å². The molecule has 2 atom stereocenters. The summed E-state index contributed by atoms with van der Waals surface area (Å²) in [6, 6.07) is 3.27. The quantitative estimate of drug-likeness (QED) is 0.857. The van der Waals surface area contributed by atoms with Gasteiger partial charge in [-0.2, -0.15) is 0 Å². The topological polar surface area (TPSA) is 46.5 Å². The summed E-state index contributed by atoms with van der Waals surface area (Å²) in [5, 5.41) is 8.76. The maximum absolute atomic E-state index is 13.3. The SMILES string of the molecule is O=C(O)C1CCC(CSc2cc(F)ccc2F)O1. The molecule has 1 heterocycles. The number of aliphatic carboxylic acids is 1. The molecule has 2 rings (SSSR count). The Labute approximate surface area is 107 Å². The molecule has 1 aliphatic rings. The Morgan fingerprint density at radius 1 is 1.44 bits per heavy atom. The molecule has 1 fully saturated rings. The molecule has 0 aliphatic carbocycles. The second-order valence-corrected chi connectivity index (χ2v) is 5.11. The number of hydrogen-bond acceptors (Lipinski definition) is 3. The first-order valence-corrected chi connectivity index (χ1v) is 6.51.